The van der Waals surface area contributed by atoms with E-state index in [9.17, 15) is 0 Å². The lowest BCUT2D eigenvalue weighted by atomic mass is 10.1. The first-order chi connectivity index (χ1) is 6.38. The predicted octanol–water partition coefficient (Wildman–Crippen LogP) is 3.43. The third-order valence-electron chi connectivity index (χ3n) is 3.05. The molecule has 0 aliphatic carbocycles. The molecule has 2 heteroatoms. The molecule has 1 aliphatic heterocycles. The van der Waals surface area contributed by atoms with Crippen LogP contribution in [0.4, 0.5) is 0 Å². The Morgan fingerprint density at radius 2 is 2.15 bits per heavy atom. The minimum absolute atomic E-state index is 0.876. The van der Waals surface area contributed by atoms with Gasteiger partial charge in [-0.25, -0.2) is 0 Å². The number of likely N-dealkylation sites (tertiary alicyclic amines) is 1. The van der Waals surface area contributed by atoms with Crippen LogP contribution in [0.15, 0.2) is 0 Å². The highest BCUT2D eigenvalue weighted by molar-refractivity contribution is 9.09. The molecule has 1 unspecified atom stereocenters. The molecule has 1 rings (SSSR count). The van der Waals surface area contributed by atoms with Gasteiger partial charge in [0.05, 0.1) is 0 Å². The zero-order valence-electron chi connectivity index (χ0n) is 8.77. The van der Waals surface area contributed by atoms with E-state index in [0.29, 0.717) is 0 Å². The average Bonchev–Trinajstić information content (AvgIpc) is 2.39. The second-order valence-corrected chi connectivity index (χ2v) is 4.78. The van der Waals surface area contributed by atoms with E-state index in [1.807, 2.05) is 0 Å². The van der Waals surface area contributed by atoms with E-state index in [-0.39, 0.29) is 0 Å². The summed E-state index contributed by atoms with van der Waals surface area (Å²) in [6.07, 6.45) is 8.38. The zero-order valence-corrected chi connectivity index (χ0v) is 10.4. The van der Waals surface area contributed by atoms with Gasteiger partial charge >= 0.3 is 0 Å². The Kier molecular flexibility index (Phi) is 6.05. The normalized spacial score (nSPS) is 25.8. The first-order valence-electron chi connectivity index (χ1n) is 5.68. The van der Waals surface area contributed by atoms with E-state index in [1.54, 1.807) is 0 Å². The van der Waals surface area contributed by atoms with Crippen molar-refractivity contribution in [3.8, 4) is 0 Å². The van der Waals surface area contributed by atoms with E-state index in [0.717, 1.165) is 11.4 Å². The fraction of sp³-hybridized carbons (Fsp3) is 1.00. The Bertz CT molecular complexity index is 127. The summed E-state index contributed by atoms with van der Waals surface area (Å²) in [4.78, 5) is 2.70. The van der Waals surface area contributed by atoms with E-state index < -0.39 is 0 Å². The van der Waals surface area contributed by atoms with Gasteiger partial charge in [-0.05, 0) is 38.8 Å². The van der Waals surface area contributed by atoms with Crippen molar-refractivity contribution in [1.29, 1.82) is 0 Å². The van der Waals surface area contributed by atoms with Gasteiger partial charge in [-0.2, -0.15) is 0 Å². The topological polar surface area (TPSA) is 3.24 Å². The summed E-state index contributed by atoms with van der Waals surface area (Å²) < 4.78 is 0. The smallest absolute Gasteiger partial charge is 0.00926 e. The summed E-state index contributed by atoms with van der Waals surface area (Å²) in [6, 6.07) is 0.876. The van der Waals surface area contributed by atoms with Crippen molar-refractivity contribution in [1.82, 2.24) is 4.90 Å². The van der Waals surface area contributed by atoms with Crippen molar-refractivity contribution >= 4 is 15.9 Å². The van der Waals surface area contributed by atoms with E-state index in [2.05, 4.69) is 27.8 Å². The van der Waals surface area contributed by atoms with Crippen LogP contribution in [0.25, 0.3) is 0 Å². The lowest BCUT2D eigenvalue weighted by Gasteiger charge is -2.28. The van der Waals surface area contributed by atoms with Crippen molar-refractivity contribution in [2.45, 2.75) is 51.5 Å². The predicted molar refractivity (Wildman–Crippen MR) is 62.5 cm³/mol. The summed E-state index contributed by atoms with van der Waals surface area (Å²) in [6.45, 7) is 4.96. The molecular formula is C11H22BrN. The molecule has 0 radical (unpaired) electrons. The van der Waals surface area contributed by atoms with Crippen LogP contribution in [0, 0.1) is 0 Å². The maximum Gasteiger partial charge on any atom is 0.00926 e. The Balaban J connectivity index is 2.34. The second kappa shape index (κ2) is 6.83. The zero-order chi connectivity index (χ0) is 9.52. The van der Waals surface area contributed by atoms with Crippen LogP contribution < -0.4 is 0 Å². The van der Waals surface area contributed by atoms with E-state index in [1.165, 1.54) is 51.6 Å². The summed E-state index contributed by atoms with van der Waals surface area (Å²) in [7, 11) is 0. The van der Waals surface area contributed by atoms with Gasteiger partial charge < -0.3 is 4.90 Å². The number of hydrogen-bond donors (Lipinski definition) is 0. The van der Waals surface area contributed by atoms with Gasteiger partial charge in [0.1, 0.15) is 0 Å². The summed E-state index contributed by atoms with van der Waals surface area (Å²) in [5.41, 5.74) is 0. The Labute approximate surface area is 91.0 Å². The molecule has 1 nitrogen and oxygen atoms in total. The maximum atomic E-state index is 3.51. The van der Waals surface area contributed by atoms with Crippen LogP contribution in [-0.2, 0) is 0 Å². The minimum atomic E-state index is 0.876. The van der Waals surface area contributed by atoms with Crippen LogP contribution in [-0.4, -0.2) is 29.4 Å². The van der Waals surface area contributed by atoms with Crippen LogP contribution in [0.5, 0.6) is 0 Å². The molecule has 78 valence electrons. The molecule has 0 bridgehead atoms. The molecule has 1 aliphatic rings. The Morgan fingerprint density at radius 1 is 1.31 bits per heavy atom. The first-order valence-corrected chi connectivity index (χ1v) is 6.80. The molecule has 1 atom stereocenters. The monoisotopic (exact) mass is 247 g/mol. The average molecular weight is 248 g/mol. The lowest BCUT2D eigenvalue weighted by molar-refractivity contribution is 0.196. The van der Waals surface area contributed by atoms with E-state index >= 15 is 0 Å². The molecular weight excluding hydrogens is 226 g/mol. The SMILES string of the molecule is CCC1CCCCCN1CCCBr. The molecule has 1 fully saturated rings. The molecule has 1 heterocycles. The highest BCUT2D eigenvalue weighted by Gasteiger charge is 2.18. The van der Waals surface area contributed by atoms with Crippen molar-refractivity contribution in [2.24, 2.45) is 0 Å². The van der Waals surface area contributed by atoms with Crippen LogP contribution in [0.1, 0.15) is 45.4 Å². The Hall–Kier alpha value is 0.440. The molecule has 0 aromatic rings. The molecule has 0 aromatic heterocycles. The Morgan fingerprint density at radius 3 is 2.85 bits per heavy atom. The standard InChI is InChI=1S/C11H22BrN/c1-2-11-7-4-3-5-9-13(11)10-6-8-12/h11H,2-10H2,1H3. The fourth-order valence-corrected chi connectivity index (χ4v) is 2.51. The van der Waals surface area contributed by atoms with Crippen LogP contribution in [0.3, 0.4) is 0 Å². The molecule has 0 spiro atoms. The minimum Gasteiger partial charge on any atom is -0.300 e. The quantitative estimate of drug-likeness (QED) is 0.689. The number of rotatable bonds is 4. The number of nitrogens with zero attached hydrogens (tertiary/aromatic N) is 1. The summed E-state index contributed by atoms with van der Waals surface area (Å²) in [5, 5.41) is 1.15. The third kappa shape index (κ3) is 3.99. The number of halogens is 1. The van der Waals surface area contributed by atoms with Crippen molar-refractivity contribution < 1.29 is 0 Å². The van der Waals surface area contributed by atoms with Gasteiger partial charge in [-0.1, -0.05) is 35.7 Å². The van der Waals surface area contributed by atoms with Crippen molar-refractivity contribution in [2.75, 3.05) is 18.4 Å². The second-order valence-electron chi connectivity index (χ2n) is 3.99. The molecule has 1 saturated heterocycles. The molecule has 0 N–H and O–H groups in total. The van der Waals surface area contributed by atoms with Gasteiger partial charge in [0.15, 0.2) is 0 Å². The van der Waals surface area contributed by atoms with Gasteiger partial charge in [0, 0.05) is 11.4 Å². The van der Waals surface area contributed by atoms with Crippen LogP contribution >= 0.6 is 15.9 Å². The van der Waals surface area contributed by atoms with Gasteiger partial charge in [-0.3, -0.25) is 0 Å². The molecule has 13 heavy (non-hydrogen) atoms. The number of hydrogen-bond acceptors (Lipinski definition) is 1. The number of alkyl halides is 1. The largest absolute Gasteiger partial charge is 0.300 e. The third-order valence-corrected chi connectivity index (χ3v) is 3.61. The maximum absolute atomic E-state index is 3.51. The highest BCUT2D eigenvalue weighted by Crippen LogP contribution is 2.19. The lowest BCUT2D eigenvalue weighted by Crippen LogP contribution is -2.35. The summed E-state index contributed by atoms with van der Waals surface area (Å²) in [5.74, 6) is 0. The molecule has 0 saturated carbocycles. The highest BCUT2D eigenvalue weighted by atomic mass is 79.9. The summed E-state index contributed by atoms with van der Waals surface area (Å²) >= 11 is 3.51. The van der Waals surface area contributed by atoms with E-state index in [4.69, 9.17) is 0 Å². The van der Waals surface area contributed by atoms with Gasteiger partial charge in [0.2, 0.25) is 0 Å². The van der Waals surface area contributed by atoms with Crippen LogP contribution in [0.2, 0.25) is 0 Å². The first kappa shape index (κ1) is 11.5. The molecule has 0 aromatic carbocycles. The van der Waals surface area contributed by atoms with Gasteiger partial charge in [0.25, 0.3) is 0 Å². The van der Waals surface area contributed by atoms with Gasteiger partial charge in [-0.15, -0.1) is 0 Å². The van der Waals surface area contributed by atoms with Crippen molar-refractivity contribution in [3.63, 3.8) is 0 Å². The molecule has 0 amide bonds. The fourth-order valence-electron chi connectivity index (χ4n) is 2.26. The van der Waals surface area contributed by atoms with Crippen molar-refractivity contribution in [3.05, 3.63) is 0 Å².